The summed E-state index contributed by atoms with van der Waals surface area (Å²) in [6.45, 7) is 2.00. The molecule has 144 valence electrons. The number of anilines is 1. The summed E-state index contributed by atoms with van der Waals surface area (Å²) in [5, 5.41) is 7.07. The largest absolute Gasteiger partial charge is 0.371 e. The van der Waals surface area contributed by atoms with E-state index in [0.29, 0.717) is 24.2 Å². The summed E-state index contributed by atoms with van der Waals surface area (Å²) < 4.78 is 1.62. The molecule has 1 aliphatic heterocycles. The molecule has 1 aliphatic rings. The lowest BCUT2D eigenvalue weighted by atomic mass is 9.97. The van der Waals surface area contributed by atoms with Gasteiger partial charge in [0.25, 0.3) is 5.91 Å². The number of carbonyl (C=O) groups is 2. The minimum atomic E-state index is -0.230. The van der Waals surface area contributed by atoms with Crippen molar-refractivity contribution >= 4 is 23.0 Å². The van der Waals surface area contributed by atoms with E-state index in [2.05, 4.69) is 20.3 Å². The molecule has 8 nitrogen and oxygen atoms in total. The van der Waals surface area contributed by atoms with Crippen LogP contribution in [-0.4, -0.2) is 39.5 Å². The van der Waals surface area contributed by atoms with Gasteiger partial charge in [0.1, 0.15) is 0 Å². The van der Waals surface area contributed by atoms with Crippen molar-refractivity contribution in [1.82, 2.24) is 19.9 Å². The first kappa shape index (κ1) is 18.0. The van der Waals surface area contributed by atoms with Crippen LogP contribution < -0.4 is 16.0 Å². The quantitative estimate of drug-likeness (QED) is 0.697. The summed E-state index contributed by atoms with van der Waals surface area (Å²) in [4.78, 5) is 30.2. The Morgan fingerprint density at radius 1 is 1.21 bits per heavy atom. The number of benzene rings is 1. The van der Waals surface area contributed by atoms with Gasteiger partial charge in [-0.05, 0) is 30.5 Å². The Hall–Kier alpha value is -3.42. The van der Waals surface area contributed by atoms with Crippen molar-refractivity contribution in [3.63, 3.8) is 0 Å². The molecule has 1 fully saturated rings. The van der Waals surface area contributed by atoms with Gasteiger partial charge in [-0.25, -0.2) is 4.52 Å². The number of primary amides is 1. The van der Waals surface area contributed by atoms with Gasteiger partial charge in [-0.3, -0.25) is 14.6 Å². The number of rotatable bonds is 5. The second-order valence-electron chi connectivity index (χ2n) is 7.00. The standard InChI is InChI=1S/C20H22N6O2/c21-19(27)15-2-1-8-25(13-15)16-5-3-14(4-6-16)10-23-20(28)17-11-24-26-9-7-22-12-18(17)26/h3-7,9,11-12,15H,1-2,8,10,13H2,(H2,21,27)(H,23,28). The van der Waals surface area contributed by atoms with E-state index in [9.17, 15) is 9.59 Å². The number of nitrogens with zero attached hydrogens (tertiary/aromatic N) is 4. The maximum absolute atomic E-state index is 12.5. The first-order valence-electron chi connectivity index (χ1n) is 9.30. The molecular formula is C20H22N6O2. The second-order valence-corrected chi connectivity index (χ2v) is 7.00. The van der Waals surface area contributed by atoms with Crippen LogP contribution in [0.1, 0.15) is 28.8 Å². The Bertz CT molecular complexity index is 997. The van der Waals surface area contributed by atoms with E-state index in [1.54, 1.807) is 29.3 Å². The highest BCUT2D eigenvalue weighted by molar-refractivity contribution is 6.00. The number of fused-ring (bicyclic) bond motifs is 1. The zero-order valence-corrected chi connectivity index (χ0v) is 15.4. The zero-order valence-electron chi connectivity index (χ0n) is 15.4. The van der Waals surface area contributed by atoms with Crippen molar-refractivity contribution in [3.05, 3.63) is 60.2 Å². The molecule has 3 heterocycles. The first-order chi connectivity index (χ1) is 13.6. The van der Waals surface area contributed by atoms with Crippen molar-refractivity contribution < 1.29 is 9.59 Å². The highest BCUT2D eigenvalue weighted by Crippen LogP contribution is 2.23. The Morgan fingerprint density at radius 2 is 2.04 bits per heavy atom. The monoisotopic (exact) mass is 378 g/mol. The Balaban J connectivity index is 1.38. The average molecular weight is 378 g/mol. The number of piperidine rings is 1. The molecule has 0 bridgehead atoms. The zero-order chi connectivity index (χ0) is 19.5. The predicted octanol–water partition coefficient (Wildman–Crippen LogP) is 1.36. The van der Waals surface area contributed by atoms with Gasteiger partial charge in [-0.2, -0.15) is 5.10 Å². The van der Waals surface area contributed by atoms with Gasteiger partial charge >= 0.3 is 0 Å². The number of carbonyl (C=O) groups excluding carboxylic acids is 2. The van der Waals surface area contributed by atoms with E-state index >= 15 is 0 Å². The van der Waals surface area contributed by atoms with Crippen LogP contribution in [0.4, 0.5) is 5.69 Å². The van der Waals surface area contributed by atoms with Crippen LogP contribution in [0, 0.1) is 5.92 Å². The molecule has 28 heavy (non-hydrogen) atoms. The molecule has 3 N–H and O–H groups in total. The van der Waals surface area contributed by atoms with Crippen molar-refractivity contribution in [2.24, 2.45) is 11.7 Å². The third-order valence-electron chi connectivity index (χ3n) is 5.15. The van der Waals surface area contributed by atoms with Crippen LogP contribution in [-0.2, 0) is 11.3 Å². The molecule has 0 saturated carbocycles. The fraction of sp³-hybridized carbons (Fsp3) is 0.300. The van der Waals surface area contributed by atoms with Gasteiger partial charge in [0, 0.05) is 37.7 Å². The summed E-state index contributed by atoms with van der Waals surface area (Å²) in [5.74, 6) is -0.507. The third kappa shape index (κ3) is 3.66. The summed E-state index contributed by atoms with van der Waals surface area (Å²) in [6, 6.07) is 8.01. The summed E-state index contributed by atoms with van der Waals surface area (Å²) in [6.07, 6.45) is 8.30. The van der Waals surface area contributed by atoms with Gasteiger partial charge in [0.2, 0.25) is 5.91 Å². The second kappa shape index (κ2) is 7.67. The summed E-state index contributed by atoms with van der Waals surface area (Å²) >= 11 is 0. The lowest BCUT2D eigenvalue weighted by Gasteiger charge is -2.33. The molecule has 1 unspecified atom stereocenters. The van der Waals surface area contributed by atoms with E-state index in [1.807, 2.05) is 24.3 Å². The molecule has 4 rings (SSSR count). The van der Waals surface area contributed by atoms with Crippen LogP contribution in [0.3, 0.4) is 0 Å². The maximum atomic E-state index is 12.5. The normalized spacial score (nSPS) is 16.9. The highest BCUT2D eigenvalue weighted by Gasteiger charge is 2.24. The molecule has 2 amide bonds. The van der Waals surface area contributed by atoms with Gasteiger partial charge < -0.3 is 16.0 Å². The van der Waals surface area contributed by atoms with E-state index < -0.39 is 0 Å². The Kier molecular flexibility index (Phi) is 4.92. The van der Waals surface area contributed by atoms with E-state index in [4.69, 9.17) is 5.73 Å². The topological polar surface area (TPSA) is 106 Å². The van der Waals surface area contributed by atoms with Gasteiger partial charge in [0.05, 0.1) is 29.4 Å². The molecular weight excluding hydrogens is 356 g/mol. The van der Waals surface area contributed by atoms with E-state index in [1.165, 1.54) is 0 Å². The molecule has 1 aromatic carbocycles. The average Bonchev–Trinajstić information content (AvgIpc) is 3.17. The predicted molar refractivity (Wildman–Crippen MR) is 105 cm³/mol. The molecule has 0 spiro atoms. The molecule has 1 atom stereocenters. The van der Waals surface area contributed by atoms with Crippen LogP contribution >= 0.6 is 0 Å². The lowest BCUT2D eigenvalue weighted by molar-refractivity contribution is -0.122. The maximum Gasteiger partial charge on any atom is 0.255 e. The third-order valence-corrected chi connectivity index (χ3v) is 5.15. The van der Waals surface area contributed by atoms with Crippen LogP contribution in [0.5, 0.6) is 0 Å². The van der Waals surface area contributed by atoms with Gasteiger partial charge in [-0.1, -0.05) is 12.1 Å². The molecule has 3 aromatic rings. The number of hydrogen-bond donors (Lipinski definition) is 2. The molecule has 0 aliphatic carbocycles. The van der Waals surface area contributed by atoms with Crippen molar-refractivity contribution in [1.29, 1.82) is 0 Å². The van der Waals surface area contributed by atoms with Gasteiger partial charge in [-0.15, -0.1) is 0 Å². The minimum Gasteiger partial charge on any atom is -0.371 e. The molecule has 8 heteroatoms. The Labute approximate surface area is 162 Å². The van der Waals surface area contributed by atoms with E-state index in [0.717, 1.165) is 30.6 Å². The smallest absolute Gasteiger partial charge is 0.255 e. The number of nitrogens with one attached hydrogen (secondary N) is 1. The van der Waals surface area contributed by atoms with E-state index in [-0.39, 0.29) is 17.7 Å². The number of aromatic nitrogens is 3. The Morgan fingerprint density at radius 3 is 2.82 bits per heavy atom. The minimum absolute atomic E-state index is 0.0898. The lowest BCUT2D eigenvalue weighted by Crippen LogP contribution is -2.41. The number of hydrogen-bond acceptors (Lipinski definition) is 5. The fourth-order valence-corrected chi connectivity index (χ4v) is 3.56. The fourth-order valence-electron chi connectivity index (χ4n) is 3.56. The first-order valence-corrected chi connectivity index (χ1v) is 9.30. The molecule has 1 saturated heterocycles. The summed E-state index contributed by atoms with van der Waals surface area (Å²) in [5.41, 5.74) is 8.69. The SMILES string of the molecule is NC(=O)C1CCCN(c2ccc(CNC(=O)c3cnn4ccncc34)cc2)C1. The van der Waals surface area contributed by atoms with Crippen LogP contribution in [0.25, 0.3) is 5.52 Å². The summed E-state index contributed by atoms with van der Waals surface area (Å²) in [7, 11) is 0. The van der Waals surface area contributed by atoms with Crippen molar-refractivity contribution in [2.75, 3.05) is 18.0 Å². The molecule has 0 radical (unpaired) electrons. The van der Waals surface area contributed by atoms with Crippen molar-refractivity contribution in [3.8, 4) is 0 Å². The molecule has 2 aromatic heterocycles. The van der Waals surface area contributed by atoms with Gasteiger partial charge in [0.15, 0.2) is 0 Å². The highest BCUT2D eigenvalue weighted by atomic mass is 16.2. The van der Waals surface area contributed by atoms with Crippen LogP contribution in [0.15, 0.2) is 49.1 Å². The van der Waals surface area contributed by atoms with Crippen LogP contribution in [0.2, 0.25) is 0 Å². The van der Waals surface area contributed by atoms with Crippen molar-refractivity contribution in [2.45, 2.75) is 19.4 Å². The number of amides is 2. The number of nitrogens with two attached hydrogens (primary N) is 1.